The zero-order valence-corrected chi connectivity index (χ0v) is 18.9. The molecule has 0 fully saturated rings. The molecule has 0 aliphatic carbocycles. The normalized spacial score (nSPS) is 14.0. The molecule has 0 unspecified atom stereocenters. The van der Waals surface area contributed by atoms with E-state index in [-0.39, 0.29) is 4.90 Å². The second-order valence-corrected chi connectivity index (χ2v) is 9.38. The molecule has 32 heavy (non-hydrogen) atoms. The van der Waals surface area contributed by atoms with Crippen LogP contribution in [0.15, 0.2) is 47.4 Å². The third kappa shape index (κ3) is 5.98. The largest absolute Gasteiger partial charge is 0.486 e. The van der Waals surface area contributed by atoms with Crippen molar-refractivity contribution in [2.24, 2.45) is 5.92 Å². The summed E-state index contributed by atoms with van der Waals surface area (Å²) < 4.78 is 44.0. The summed E-state index contributed by atoms with van der Waals surface area (Å²) in [5, 5.41) is 2.62. The average molecular weight is 463 g/mol. The summed E-state index contributed by atoms with van der Waals surface area (Å²) in [4.78, 5) is 24.6. The van der Waals surface area contributed by atoms with Crippen LogP contribution >= 0.6 is 0 Å². The monoisotopic (exact) mass is 462 g/mol. The second-order valence-electron chi connectivity index (χ2n) is 7.67. The summed E-state index contributed by atoms with van der Waals surface area (Å²) in [6.07, 6.45) is 0. The van der Waals surface area contributed by atoms with E-state index in [1.807, 2.05) is 19.1 Å². The Kier molecular flexibility index (Phi) is 7.37. The number of rotatable bonds is 8. The van der Waals surface area contributed by atoms with Crippen molar-refractivity contribution in [3.63, 3.8) is 0 Å². The van der Waals surface area contributed by atoms with E-state index in [0.717, 1.165) is 5.56 Å². The van der Waals surface area contributed by atoms with Gasteiger partial charge < -0.3 is 19.5 Å². The summed E-state index contributed by atoms with van der Waals surface area (Å²) in [7, 11) is -4.06. The van der Waals surface area contributed by atoms with Gasteiger partial charge in [0.05, 0.1) is 4.90 Å². The van der Waals surface area contributed by atoms with Gasteiger partial charge in [-0.3, -0.25) is 9.59 Å². The lowest BCUT2D eigenvalue weighted by molar-refractivity contribution is -0.150. The first-order valence-corrected chi connectivity index (χ1v) is 11.6. The third-order valence-corrected chi connectivity index (χ3v) is 6.15. The lowest BCUT2D eigenvalue weighted by Gasteiger charge is -2.22. The number of benzene rings is 2. The van der Waals surface area contributed by atoms with Crippen LogP contribution in [-0.4, -0.2) is 46.2 Å². The number of esters is 1. The highest BCUT2D eigenvalue weighted by molar-refractivity contribution is 7.89. The molecule has 0 aromatic heterocycles. The number of amides is 1. The van der Waals surface area contributed by atoms with Crippen molar-refractivity contribution in [1.29, 1.82) is 0 Å². The van der Waals surface area contributed by atoms with E-state index in [0.29, 0.717) is 30.4 Å². The second kappa shape index (κ2) is 10.0. The minimum atomic E-state index is -4.06. The van der Waals surface area contributed by atoms with Crippen molar-refractivity contribution < 1.29 is 32.2 Å². The molecule has 1 heterocycles. The van der Waals surface area contributed by atoms with E-state index >= 15 is 0 Å². The first kappa shape index (κ1) is 23.6. The fourth-order valence-electron chi connectivity index (χ4n) is 2.94. The number of nitrogens with one attached hydrogen (secondary N) is 2. The Bertz CT molecular complexity index is 1080. The van der Waals surface area contributed by atoms with Crippen LogP contribution < -0.4 is 19.5 Å². The van der Waals surface area contributed by atoms with Gasteiger partial charge in [-0.15, -0.1) is 0 Å². The van der Waals surface area contributed by atoms with Crippen LogP contribution in [0.3, 0.4) is 0 Å². The standard InChI is InChI=1S/C22H26N2O7S/c1-14(2)21(22(26)31-13-20(25)23-16-6-4-15(3)5-7-16)24-32(27,28)17-8-9-18-19(12-17)30-11-10-29-18/h4-9,12,14,21,24H,10-11,13H2,1-3H3,(H,23,25)/t21-/m1/s1. The number of sulfonamides is 1. The summed E-state index contributed by atoms with van der Waals surface area (Å²) in [6, 6.07) is 10.2. The smallest absolute Gasteiger partial charge is 0.324 e. The number of anilines is 1. The molecule has 172 valence electrons. The van der Waals surface area contributed by atoms with Crippen molar-refractivity contribution in [3.8, 4) is 11.5 Å². The minimum absolute atomic E-state index is 0.0719. The number of carbonyl (C=O) groups is 2. The van der Waals surface area contributed by atoms with Gasteiger partial charge in [0.15, 0.2) is 18.1 Å². The van der Waals surface area contributed by atoms with Crippen LogP contribution in [0.5, 0.6) is 11.5 Å². The number of hydrogen-bond donors (Lipinski definition) is 2. The molecule has 1 aliphatic heterocycles. The van der Waals surface area contributed by atoms with Gasteiger partial charge in [0.1, 0.15) is 19.3 Å². The van der Waals surface area contributed by atoms with Crippen LogP contribution in [0.25, 0.3) is 0 Å². The van der Waals surface area contributed by atoms with Crippen molar-refractivity contribution in [2.75, 3.05) is 25.1 Å². The predicted octanol–water partition coefficient (Wildman–Crippen LogP) is 2.25. The molecule has 2 aromatic carbocycles. The van der Waals surface area contributed by atoms with Gasteiger partial charge in [0, 0.05) is 11.8 Å². The maximum atomic E-state index is 12.8. The summed E-state index contributed by atoms with van der Waals surface area (Å²) in [6.45, 7) is 5.42. The first-order valence-electron chi connectivity index (χ1n) is 10.1. The van der Waals surface area contributed by atoms with Gasteiger partial charge in [-0.1, -0.05) is 31.5 Å². The molecule has 9 nitrogen and oxygen atoms in total. The molecule has 0 saturated heterocycles. The molecule has 2 aromatic rings. The molecule has 2 N–H and O–H groups in total. The Morgan fingerprint density at radius 3 is 2.34 bits per heavy atom. The molecule has 10 heteroatoms. The van der Waals surface area contributed by atoms with Crippen molar-refractivity contribution in [2.45, 2.75) is 31.7 Å². The zero-order chi connectivity index (χ0) is 23.3. The van der Waals surface area contributed by atoms with Crippen LogP contribution in [0.1, 0.15) is 19.4 Å². The number of ether oxygens (including phenoxy) is 3. The SMILES string of the molecule is Cc1ccc(NC(=O)COC(=O)[C@H](NS(=O)(=O)c2ccc3c(c2)OCCO3)C(C)C)cc1. The third-order valence-electron chi connectivity index (χ3n) is 4.71. The van der Waals surface area contributed by atoms with Gasteiger partial charge in [-0.2, -0.15) is 4.72 Å². The number of aryl methyl sites for hydroxylation is 1. The molecule has 0 saturated carbocycles. The maximum absolute atomic E-state index is 12.8. The molecule has 0 spiro atoms. The van der Waals surface area contributed by atoms with E-state index in [1.165, 1.54) is 18.2 Å². The molecular weight excluding hydrogens is 436 g/mol. The molecule has 1 atom stereocenters. The highest BCUT2D eigenvalue weighted by Crippen LogP contribution is 2.32. The highest BCUT2D eigenvalue weighted by atomic mass is 32.2. The zero-order valence-electron chi connectivity index (χ0n) is 18.1. The topological polar surface area (TPSA) is 120 Å². The Morgan fingerprint density at radius 1 is 1.03 bits per heavy atom. The molecular formula is C22H26N2O7S. The van der Waals surface area contributed by atoms with Crippen molar-refractivity contribution in [1.82, 2.24) is 4.72 Å². The van der Waals surface area contributed by atoms with E-state index < -0.39 is 40.5 Å². The summed E-state index contributed by atoms with van der Waals surface area (Å²) >= 11 is 0. The van der Waals surface area contributed by atoms with Gasteiger partial charge in [0.2, 0.25) is 10.0 Å². The van der Waals surface area contributed by atoms with E-state index in [2.05, 4.69) is 10.0 Å². The first-order chi connectivity index (χ1) is 15.2. The molecule has 3 rings (SSSR count). The molecule has 0 bridgehead atoms. The summed E-state index contributed by atoms with van der Waals surface area (Å²) in [5.41, 5.74) is 1.61. The maximum Gasteiger partial charge on any atom is 0.324 e. The molecule has 1 amide bonds. The molecule has 0 radical (unpaired) electrons. The highest BCUT2D eigenvalue weighted by Gasteiger charge is 2.31. The minimum Gasteiger partial charge on any atom is -0.486 e. The van der Waals surface area contributed by atoms with Crippen LogP contribution in [0.4, 0.5) is 5.69 Å². The van der Waals surface area contributed by atoms with Gasteiger partial charge in [-0.25, -0.2) is 8.42 Å². The molecule has 1 aliphatic rings. The van der Waals surface area contributed by atoms with Crippen molar-refractivity contribution in [3.05, 3.63) is 48.0 Å². The lowest BCUT2D eigenvalue weighted by Crippen LogP contribution is -2.45. The Balaban J connectivity index is 1.63. The van der Waals surface area contributed by atoms with E-state index in [4.69, 9.17) is 14.2 Å². The average Bonchev–Trinajstić information content (AvgIpc) is 2.77. The Labute approximate surface area is 187 Å². The van der Waals surface area contributed by atoms with Gasteiger partial charge in [0.25, 0.3) is 5.91 Å². The fourth-order valence-corrected chi connectivity index (χ4v) is 4.29. The lowest BCUT2D eigenvalue weighted by atomic mass is 10.1. The van der Waals surface area contributed by atoms with E-state index in [1.54, 1.807) is 26.0 Å². The number of carbonyl (C=O) groups excluding carboxylic acids is 2. The van der Waals surface area contributed by atoms with Crippen LogP contribution in [0.2, 0.25) is 0 Å². The Hall–Kier alpha value is -3.11. The fraction of sp³-hybridized carbons (Fsp3) is 0.364. The van der Waals surface area contributed by atoms with Crippen molar-refractivity contribution >= 4 is 27.6 Å². The number of fused-ring (bicyclic) bond motifs is 1. The van der Waals surface area contributed by atoms with Gasteiger partial charge in [-0.05, 0) is 37.1 Å². The van der Waals surface area contributed by atoms with Crippen LogP contribution in [0, 0.1) is 12.8 Å². The summed E-state index contributed by atoms with van der Waals surface area (Å²) in [5.74, 6) is -1.03. The van der Waals surface area contributed by atoms with Crippen LogP contribution in [-0.2, 0) is 24.3 Å². The predicted molar refractivity (Wildman–Crippen MR) is 117 cm³/mol. The quantitative estimate of drug-likeness (QED) is 0.577. The van der Waals surface area contributed by atoms with E-state index in [9.17, 15) is 18.0 Å². The van der Waals surface area contributed by atoms with Gasteiger partial charge >= 0.3 is 5.97 Å². The number of hydrogen-bond acceptors (Lipinski definition) is 7. The Morgan fingerprint density at radius 2 is 1.69 bits per heavy atom.